The minimum Gasteiger partial charge on any atom is -0.320 e. The Morgan fingerprint density at radius 1 is 1.15 bits per heavy atom. The molecule has 0 saturated heterocycles. The summed E-state index contributed by atoms with van der Waals surface area (Å²) in [5, 5.41) is 3.65. The third kappa shape index (κ3) is 2.40. The van der Waals surface area contributed by atoms with Gasteiger partial charge in [0.25, 0.3) is 5.91 Å². The Morgan fingerprint density at radius 2 is 1.95 bits per heavy atom. The lowest BCUT2D eigenvalue weighted by atomic mass is 10.2. The van der Waals surface area contributed by atoms with Crippen molar-refractivity contribution in [2.75, 3.05) is 5.32 Å². The summed E-state index contributed by atoms with van der Waals surface area (Å²) in [6, 6.07) is 13.3. The molecule has 0 aliphatic rings. The zero-order chi connectivity index (χ0) is 14.1. The maximum Gasteiger partial charge on any atom is 0.265 e. The van der Waals surface area contributed by atoms with E-state index in [0.717, 1.165) is 4.70 Å². The molecule has 3 aromatic rings. The van der Waals surface area contributed by atoms with Crippen molar-refractivity contribution in [1.82, 2.24) is 0 Å². The molecule has 0 saturated carbocycles. The molecule has 3 rings (SSSR count). The van der Waals surface area contributed by atoms with Crippen LogP contribution in [0.15, 0.2) is 48.5 Å². The number of benzene rings is 2. The maximum atomic E-state index is 13.6. The van der Waals surface area contributed by atoms with Crippen LogP contribution in [0.1, 0.15) is 9.67 Å². The summed E-state index contributed by atoms with van der Waals surface area (Å²) in [5.41, 5.74) is 0.539. The van der Waals surface area contributed by atoms with Crippen molar-refractivity contribution in [2.45, 2.75) is 0 Å². The molecule has 2 aromatic carbocycles. The number of nitrogens with one attached hydrogen (secondary N) is 1. The largest absolute Gasteiger partial charge is 0.320 e. The van der Waals surface area contributed by atoms with Gasteiger partial charge in [-0.1, -0.05) is 29.8 Å². The number of fused-ring (bicyclic) bond motifs is 1. The first-order valence-corrected chi connectivity index (χ1v) is 7.08. The van der Waals surface area contributed by atoms with E-state index in [-0.39, 0.29) is 11.7 Å². The molecule has 0 bridgehead atoms. The Labute approximate surface area is 123 Å². The van der Waals surface area contributed by atoms with Gasteiger partial charge in [0, 0.05) is 10.1 Å². The van der Waals surface area contributed by atoms with Gasteiger partial charge in [-0.15, -0.1) is 11.3 Å². The van der Waals surface area contributed by atoms with Gasteiger partial charge in [0.15, 0.2) is 0 Å². The molecule has 100 valence electrons. The monoisotopic (exact) mass is 305 g/mol. The third-order valence-corrected chi connectivity index (χ3v) is 4.28. The molecule has 0 aliphatic heterocycles. The molecule has 1 aromatic heterocycles. The highest BCUT2D eigenvalue weighted by molar-refractivity contribution is 7.20. The topological polar surface area (TPSA) is 29.1 Å². The van der Waals surface area contributed by atoms with Gasteiger partial charge < -0.3 is 5.32 Å². The molecule has 1 N–H and O–H groups in total. The van der Waals surface area contributed by atoms with Gasteiger partial charge in [0.2, 0.25) is 0 Å². The van der Waals surface area contributed by atoms with E-state index in [1.165, 1.54) is 17.4 Å². The maximum absolute atomic E-state index is 13.6. The van der Waals surface area contributed by atoms with Crippen LogP contribution >= 0.6 is 22.9 Å². The van der Waals surface area contributed by atoms with Crippen molar-refractivity contribution < 1.29 is 9.18 Å². The van der Waals surface area contributed by atoms with E-state index in [0.29, 0.717) is 21.0 Å². The van der Waals surface area contributed by atoms with Crippen LogP contribution in [0.4, 0.5) is 10.1 Å². The first-order valence-electron chi connectivity index (χ1n) is 5.89. The third-order valence-electron chi connectivity index (χ3n) is 2.85. The summed E-state index contributed by atoms with van der Waals surface area (Å²) >= 11 is 7.24. The summed E-state index contributed by atoms with van der Waals surface area (Å²) in [6.07, 6.45) is 0. The summed E-state index contributed by atoms with van der Waals surface area (Å²) in [5.74, 6) is -0.616. The number of rotatable bonds is 2. The lowest BCUT2D eigenvalue weighted by Gasteiger charge is -2.04. The van der Waals surface area contributed by atoms with Crippen LogP contribution < -0.4 is 5.32 Å². The van der Waals surface area contributed by atoms with E-state index < -0.39 is 0 Å². The standard InChI is InChI=1S/C15H9ClFNOS/c16-10-4-1-2-6-12(10)18-15(19)14-8-9-11(17)5-3-7-13(9)20-14/h1-8H,(H,18,19). The average Bonchev–Trinajstić information content (AvgIpc) is 2.87. The van der Waals surface area contributed by atoms with Gasteiger partial charge in [-0.2, -0.15) is 0 Å². The summed E-state index contributed by atoms with van der Waals surface area (Å²) in [6.45, 7) is 0. The van der Waals surface area contributed by atoms with E-state index in [4.69, 9.17) is 11.6 Å². The van der Waals surface area contributed by atoms with Crippen LogP contribution in [0.5, 0.6) is 0 Å². The second-order valence-electron chi connectivity index (χ2n) is 4.20. The molecule has 20 heavy (non-hydrogen) atoms. The lowest BCUT2D eigenvalue weighted by Crippen LogP contribution is -2.10. The number of carbonyl (C=O) groups is 1. The molecule has 5 heteroatoms. The number of carbonyl (C=O) groups excluding carboxylic acids is 1. The minimum absolute atomic E-state index is 0.293. The van der Waals surface area contributed by atoms with Crippen molar-refractivity contribution in [1.29, 1.82) is 0 Å². The lowest BCUT2D eigenvalue weighted by molar-refractivity contribution is 0.103. The molecule has 1 amide bonds. The second-order valence-corrected chi connectivity index (χ2v) is 5.69. The van der Waals surface area contributed by atoms with Crippen LogP contribution in [-0.2, 0) is 0 Å². The van der Waals surface area contributed by atoms with Crippen molar-refractivity contribution in [3.63, 3.8) is 0 Å². The fraction of sp³-hybridized carbons (Fsp3) is 0. The predicted molar refractivity (Wildman–Crippen MR) is 81.2 cm³/mol. The van der Waals surface area contributed by atoms with E-state index in [1.807, 2.05) is 0 Å². The van der Waals surface area contributed by atoms with Crippen molar-refractivity contribution in [2.24, 2.45) is 0 Å². The van der Waals surface area contributed by atoms with Crippen LogP contribution in [0.2, 0.25) is 5.02 Å². The smallest absolute Gasteiger partial charge is 0.265 e. The van der Waals surface area contributed by atoms with Crippen LogP contribution in [0, 0.1) is 5.82 Å². The summed E-state index contributed by atoms with van der Waals surface area (Å²) in [4.78, 5) is 12.6. The fourth-order valence-electron chi connectivity index (χ4n) is 1.88. The van der Waals surface area contributed by atoms with Gasteiger partial charge in [0.05, 0.1) is 15.6 Å². The molecular formula is C15H9ClFNOS. The number of amides is 1. The first-order chi connectivity index (χ1) is 9.65. The minimum atomic E-state index is -0.324. The number of anilines is 1. The Kier molecular flexibility index (Phi) is 3.42. The molecule has 1 heterocycles. The summed E-state index contributed by atoms with van der Waals surface area (Å²) < 4.78 is 14.4. The quantitative estimate of drug-likeness (QED) is 0.713. The fourth-order valence-corrected chi connectivity index (χ4v) is 3.04. The molecule has 0 radical (unpaired) electrons. The normalized spacial score (nSPS) is 10.7. The number of hydrogen-bond donors (Lipinski definition) is 1. The zero-order valence-electron chi connectivity index (χ0n) is 10.2. The highest BCUT2D eigenvalue weighted by atomic mass is 35.5. The number of thiophene rings is 1. The van der Waals surface area contributed by atoms with Crippen LogP contribution in [0.3, 0.4) is 0 Å². The second kappa shape index (κ2) is 5.23. The van der Waals surface area contributed by atoms with Crippen LogP contribution in [-0.4, -0.2) is 5.91 Å². The summed E-state index contributed by atoms with van der Waals surface area (Å²) in [7, 11) is 0. The Balaban J connectivity index is 1.93. The van der Waals surface area contributed by atoms with E-state index in [9.17, 15) is 9.18 Å². The number of hydrogen-bond acceptors (Lipinski definition) is 2. The van der Waals surface area contributed by atoms with Gasteiger partial charge in [-0.25, -0.2) is 4.39 Å². The van der Waals surface area contributed by atoms with Gasteiger partial charge in [0.1, 0.15) is 5.82 Å². The SMILES string of the molecule is O=C(Nc1ccccc1Cl)c1cc2c(F)cccc2s1. The average molecular weight is 306 g/mol. The van der Waals surface area contributed by atoms with Crippen LogP contribution in [0.25, 0.3) is 10.1 Å². The predicted octanol–water partition coefficient (Wildman–Crippen LogP) is 4.95. The molecule has 0 fully saturated rings. The molecule has 2 nitrogen and oxygen atoms in total. The van der Waals surface area contributed by atoms with E-state index in [2.05, 4.69) is 5.32 Å². The number of halogens is 2. The number of para-hydroxylation sites is 1. The van der Waals surface area contributed by atoms with E-state index >= 15 is 0 Å². The molecule has 0 atom stereocenters. The Morgan fingerprint density at radius 3 is 2.70 bits per heavy atom. The highest BCUT2D eigenvalue weighted by Crippen LogP contribution is 2.29. The highest BCUT2D eigenvalue weighted by Gasteiger charge is 2.13. The first kappa shape index (κ1) is 13.1. The Hall–Kier alpha value is -1.91. The van der Waals surface area contributed by atoms with Gasteiger partial charge >= 0.3 is 0 Å². The van der Waals surface area contributed by atoms with Crippen molar-refractivity contribution in [3.8, 4) is 0 Å². The molecule has 0 unspecified atom stereocenters. The van der Waals surface area contributed by atoms with Crippen molar-refractivity contribution in [3.05, 3.63) is 64.2 Å². The molecule has 0 spiro atoms. The van der Waals surface area contributed by atoms with Gasteiger partial charge in [-0.3, -0.25) is 4.79 Å². The van der Waals surface area contributed by atoms with Crippen molar-refractivity contribution >= 4 is 44.6 Å². The van der Waals surface area contributed by atoms with E-state index in [1.54, 1.807) is 42.5 Å². The van der Waals surface area contributed by atoms with Gasteiger partial charge in [-0.05, 0) is 30.3 Å². The molecule has 0 aliphatic carbocycles. The molecular weight excluding hydrogens is 297 g/mol. The zero-order valence-corrected chi connectivity index (χ0v) is 11.8. The Bertz CT molecular complexity index is 799.